The van der Waals surface area contributed by atoms with Crippen molar-refractivity contribution in [2.24, 2.45) is 5.73 Å². The molecule has 0 aromatic carbocycles. The van der Waals surface area contributed by atoms with Crippen molar-refractivity contribution >= 4 is 5.91 Å². The molecule has 2 fully saturated rings. The lowest BCUT2D eigenvalue weighted by Crippen LogP contribution is -2.45. The van der Waals surface area contributed by atoms with Gasteiger partial charge in [-0.25, -0.2) is 0 Å². The Kier molecular flexibility index (Phi) is 2.98. The number of hydrogen-bond acceptors (Lipinski definition) is 3. The summed E-state index contributed by atoms with van der Waals surface area (Å²) in [6.07, 6.45) is 4.70. The van der Waals surface area contributed by atoms with Gasteiger partial charge in [-0.2, -0.15) is 0 Å². The quantitative estimate of drug-likeness (QED) is 0.741. The molecule has 0 aromatic heterocycles. The number of methoxy groups -OCH3 is 1. The van der Waals surface area contributed by atoms with E-state index in [-0.39, 0.29) is 17.6 Å². The smallest absolute Gasteiger partial charge is 0.225 e. The van der Waals surface area contributed by atoms with E-state index in [0.717, 1.165) is 32.4 Å². The molecule has 2 rings (SSSR count). The molecule has 1 atom stereocenters. The molecule has 1 saturated carbocycles. The number of amides is 1. The van der Waals surface area contributed by atoms with Crippen LogP contribution in [0.25, 0.3) is 0 Å². The molecule has 15 heavy (non-hydrogen) atoms. The van der Waals surface area contributed by atoms with Gasteiger partial charge in [0.1, 0.15) is 0 Å². The van der Waals surface area contributed by atoms with Crippen molar-refractivity contribution in [1.29, 1.82) is 0 Å². The number of carbonyl (C=O) groups excluding carboxylic acids is 1. The molecule has 0 unspecified atom stereocenters. The standard InChI is InChI=1S/C11H20N2O2/c1-15-11(4-2-5-11)7-10(14)13-6-3-9(12)8-13/h9H,2-8,12H2,1H3/t9-/m0/s1. The Morgan fingerprint density at radius 3 is 2.73 bits per heavy atom. The SMILES string of the molecule is COC1(CC(=O)N2CC[C@H](N)C2)CCC1. The average molecular weight is 212 g/mol. The first-order valence-corrected chi connectivity index (χ1v) is 5.74. The van der Waals surface area contributed by atoms with Gasteiger partial charge in [0.25, 0.3) is 0 Å². The number of nitrogens with zero attached hydrogens (tertiary/aromatic N) is 1. The van der Waals surface area contributed by atoms with Gasteiger partial charge in [-0.1, -0.05) is 0 Å². The van der Waals surface area contributed by atoms with E-state index in [2.05, 4.69) is 0 Å². The molecule has 1 aliphatic heterocycles. The van der Waals surface area contributed by atoms with Crippen LogP contribution in [-0.4, -0.2) is 42.6 Å². The normalized spacial score (nSPS) is 28.9. The fourth-order valence-electron chi connectivity index (χ4n) is 2.43. The van der Waals surface area contributed by atoms with Crippen LogP contribution in [0, 0.1) is 0 Å². The minimum Gasteiger partial charge on any atom is -0.378 e. The minimum atomic E-state index is -0.149. The second-order valence-corrected chi connectivity index (χ2v) is 4.81. The maximum Gasteiger partial charge on any atom is 0.225 e. The maximum absolute atomic E-state index is 11.9. The molecule has 1 heterocycles. The molecule has 2 aliphatic rings. The van der Waals surface area contributed by atoms with E-state index < -0.39 is 0 Å². The molecule has 4 heteroatoms. The fraction of sp³-hybridized carbons (Fsp3) is 0.909. The van der Waals surface area contributed by atoms with Gasteiger partial charge < -0.3 is 15.4 Å². The Morgan fingerprint density at radius 1 is 1.60 bits per heavy atom. The zero-order valence-corrected chi connectivity index (χ0v) is 9.37. The summed E-state index contributed by atoms with van der Waals surface area (Å²) in [7, 11) is 1.71. The monoisotopic (exact) mass is 212 g/mol. The van der Waals surface area contributed by atoms with Crippen molar-refractivity contribution in [3.8, 4) is 0 Å². The van der Waals surface area contributed by atoms with E-state index in [0.29, 0.717) is 6.42 Å². The molecule has 0 radical (unpaired) electrons. The van der Waals surface area contributed by atoms with Crippen molar-refractivity contribution in [3.63, 3.8) is 0 Å². The van der Waals surface area contributed by atoms with Crippen LogP contribution in [0.5, 0.6) is 0 Å². The van der Waals surface area contributed by atoms with Crippen LogP contribution in [0.3, 0.4) is 0 Å². The van der Waals surface area contributed by atoms with E-state index in [9.17, 15) is 4.79 Å². The molecular formula is C11H20N2O2. The van der Waals surface area contributed by atoms with Gasteiger partial charge in [0, 0.05) is 26.2 Å². The first kappa shape index (κ1) is 10.9. The van der Waals surface area contributed by atoms with Gasteiger partial charge in [0.15, 0.2) is 0 Å². The van der Waals surface area contributed by atoms with Crippen molar-refractivity contribution in [2.45, 2.75) is 43.7 Å². The highest BCUT2D eigenvalue weighted by molar-refractivity contribution is 5.77. The molecule has 4 nitrogen and oxygen atoms in total. The van der Waals surface area contributed by atoms with E-state index >= 15 is 0 Å². The average Bonchev–Trinajstić information content (AvgIpc) is 2.58. The summed E-state index contributed by atoms with van der Waals surface area (Å²) in [6.45, 7) is 1.54. The van der Waals surface area contributed by atoms with Gasteiger partial charge in [0.2, 0.25) is 5.91 Å². The van der Waals surface area contributed by atoms with Crippen LogP contribution in [0.15, 0.2) is 0 Å². The summed E-state index contributed by atoms with van der Waals surface area (Å²) >= 11 is 0. The number of nitrogens with two attached hydrogens (primary N) is 1. The Morgan fingerprint density at radius 2 is 2.33 bits per heavy atom. The maximum atomic E-state index is 11.9. The molecule has 1 saturated heterocycles. The third-order valence-electron chi connectivity index (χ3n) is 3.75. The van der Waals surface area contributed by atoms with Crippen molar-refractivity contribution in [1.82, 2.24) is 4.90 Å². The molecule has 0 bridgehead atoms. The summed E-state index contributed by atoms with van der Waals surface area (Å²) < 4.78 is 5.45. The predicted molar refractivity (Wildman–Crippen MR) is 57.4 cm³/mol. The van der Waals surface area contributed by atoms with Crippen molar-refractivity contribution in [3.05, 3.63) is 0 Å². The highest BCUT2D eigenvalue weighted by atomic mass is 16.5. The number of rotatable bonds is 3. The summed E-state index contributed by atoms with van der Waals surface area (Å²) in [6, 6.07) is 0.175. The second kappa shape index (κ2) is 4.10. The molecule has 86 valence electrons. The lowest BCUT2D eigenvalue weighted by atomic mass is 9.77. The number of likely N-dealkylation sites (tertiary alicyclic amines) is 1. The Labute approximate surface area is 90.8 Å². The summed E-state index contributed by atoms with van der Waals surface area (Å²) in [5.74, 6) is 0.213. The predicted octanol–water partition coefficient (Wildman–Crippen LogP) is 0.505. The Balaban J connectivity index is 1.86. The zero-order valence-electron chi connectivity index (χ0n) is 9.37. The fourth-order valence-corrected chi connectivity index (χ4v) is 2.43. The highest BCUT2D eigenvalue weighted by Crippen LogP contribution is 2.38. The lowest BCUT2D eigenvalue weighted by molar-refractivity contribution is -0.143. The lowest BCUT2D eigenvalue weighted by Gasteiger charge is -2.40. The first-order valence-electron chi connectivity index (χ1n) is 5.74. The van der Waals surface area contributed by atoms with Crippen LogP contribution in [0.4, 0.5) is 0 Å². The van der Waals surface area contributed by atoms with Crippen LogP contribution >= 0.6 is 0 Å². The third kappa shape index (κ3) is 2.16. The summed E-state index contributed by atoms with van der Waals surface area (Å²) in [5.41, 5.74) is 5.63. The van der Waals surface area contributed by atoms with E-state index in [4.69, 9.17) is 10.5 Å². The van der Waals surface area contributed by atoms with Crippen LogP contribution in [-0.2, 0) is 9.53 Å². The highest BCUT2D eigenvalue weighted by Gasteiger charge is 2.40. The summed E-state index contributed by atoms with van der Waals surface area (Å²) in [5, 5.41) is 0. The number of ether oxygens (including phenoxy) is 1. The first-order chi connectivity index (χ1) is 7.15. The topological polar surface area (TPSA) is 55.6 Å². The second-order valence-electron chi connectivity index (χ2n) is 4.81. The van der Waals surface area contributed by atoms with E-state index in [1.807, 2.05) is 4.90 Å². The molecule has 1 aliphatic carbocycles. The van der Waals surface area contributed by atoms with Crippen LogP contribution in [0.2, 0.25) is 0 Å². The molecule has 2 N–H and O–H groups in total. The van der Waals surface area contributed by atoms with Gasteiger partial charge in [-0.15, -0.1) is 0 Å². The number of hydrogen-bond donors (Lipinski definition) is 1. The van der Waals surface area contributed by atoms with Gasteiger partial charge in [-0.05, 0) is 25.7 Å². The van der Waals surface area contributed by atoms with E-state index in [1.165, 1.54) is 6.42 Å². The summed E-state index contributed by atoms with van der Waals surface area (Å²) in [4.78, 5) is 13.8. The largest absolute Gasteiger partial charge is 0.378 e. The molecule has 1 amide bonds. The van der Waals surface area contributed by atoms with Crippen molar-refractivity contribution < 1.29 is 9.53 Å². The minimum absolute atomic E-state index is 0.149. The van der Waals surface area contributed by atoms with Crippen LogP contribution in [0.1, 0.15) is 32.1 Å². The van der Waals surface area contributed by atoms with Gasteiger partial charge in [-0.3, -0.25) is 4.79 Å². The van der Waals surface area contributed by atoms with Gasteiger partial charge in [0.05, 0.1) is 12.0 Å². The zero-order chi connectivity index (χ0) is 10.9. The van der Waals surface area contributed by atoms with Crippen molar-refractivity contribution in [2.75, 3.05) is 20.2 Å². The van der Waals surface area contributed by atoms with E-state index in [1.54, 1.807) is 7.11 Å². The molecule has 0 spiro atoms. The molecule has 0 aromatic rings. The third-order valence-corrected chi connectivity index (χ3v) is 3.75. The van der Waals surface area contributed by atoms with Gasteiger partial charge >= 0.3 is 0 Å². The Bertz CT molecular complexity index is 245. The number of carbonyl (C=O) groups is 1. The molecular weight excluding hydrogens is 192 g/mol. The van der Waals surface area contributed by atoms with Crippen LogP contribution < -0.4 is 5.73 Å². The Hall–Kier alpha value is -0.610.